The first-order chi connectivity index (χ1) is 7.22. The molecule has 0 rings (SSSR count). The summed E-state index contributed by atoms with van der Waals surface area (Å²) in [6, 6.07) is -0.584. The van der Waals surface area contributed by atoms with Gasteiger partial charge in [-0.2, -0.15) is 0 Å². The number of carboxylic acids is 1. The summed E-state index contributed by atoms with van der Waals surface area (Å²) in [5.41, 5.74) is 0. The predicted octanol–water partition coefficient (Wildman–Crippen LogP) is 0.510. The molecule has 0 aromatic heterocycles. The summed E-state index contributed by atoms with van der Waals surface area (Å²) in [5, 5.41) is 11.8. The van der Waals surface area contributed by atoms with Gasteiger partial charge in [-0.15, -0.1) is 0 Å². The molecule has 1 unspecified atom stereocenters. The fraction of sp³-hybridized carbons (Fsp3) is 0.900. The van der Waals surface area contributed by atoms with Gasteiger partial charge in [-0.1, -0.05) is 13.8 Å². The third kappa shape index (κ3) is 8.67. The molecule has 0 bridgehead atoms. The summed E-state index contributed by atoms with van der Waals surface area (Å²) in [7, 11) is -2.95. The van der Waals surface area contributed by atoms with Crippen LogP contribution in [0.15, 0.2) is 0 Å². The zero-order chi connectivity index (χ0) is 12.8. The van der Waals surface area contributed by atoms with E-state index in [0.29, 0.717) is 25.3 Å². The van der Waals surface area contributed by atoms with E-state index in [0.717, 1.165) is 0 Å². The van der Waals surface area contributed by atoms with E-state index in [1.807, 2.05) is 13.8 Å². The summed E-state index contributed by atoms with van der Waals surface area (Å²) in [6.45, 7) is 4.32. The van der Waals surface area contributed by atoms with Crippen molar-refractivity contribution in [2.24, 2.45) is 5.92 Å². The van der Waals surface area contributed by atoms with Crippen LogP contribution in [0.5, 0.6) is 0 Å². The van der Waals surface area contributed by atoms with Crippen LogP contribution >= 0.6 is 0 Å². The molecule has 2 N–H and O–H groups in total. The lowest BCUT2D eigenvalue weighted by molar-refractivity contribution is -0.139. The number of sulfone groups is 1. The lowest BCUT2D eigenvalue weighted by atomic mass is 10.0. The first-order valence-corrected chi connectivity index (χ1v) is 7.42. The van der Waals surface area contributed by atoms with Crippen LogP contribution in [0.3, 0.4) is 0 Å². The van der Waals surface area contributed by atoms with E-state index >= 15 is 0 Å². The number of rotatable bonds is 8. The van der Waals surface area contributed by atoms with Crippen LogP contribution in [0.4, 0.5) is 0 Å². The molecule has 0 saturated carbocycles. The second kappa shape index (κ2) is 6.85. The van der Waals surface area contributed by atoms with E-state index in [1.165, 1.54) is 6.26 Å². The van der Waals surface area contributed by atoms with Gasteiger partial charge in [-0.25, -0.2) is 8.42 Å². The summed E-state index contributed by atoms with van der Waals surface area (Å²) < 4.78 is 21.7. The van der Waals surface area contributed by atoms with Crippen LogP contribution in [0.25, 0.3) is 0 Å². The Balaban J connectivity index is 3.90. The van der Waals surface area contributed by atoms with E-state index in [9.17, 15) is 13.2 Å². The van der Waals surface area contributed by atoms with Gasteiger partial charge < -0.3 is 10.4 Å². The molecule has 0 heterocycles. The zero-order valence-electron chi connectivity index (χ0n) is 10.1. The molecule has 0 saturated heterocycles. The Labute approximate surface area is 97.2 Å². The molecule has 0 radical (unpaired) electrons. The van der Waals surface area contributed by atoms with E-state index in [-0.39, 0.29) is 5.75 Å². The molecule has 0 aromatic rings. The first-order valence-electron chi connectivity index (χ1n) is 5.36. The summed E-state index contributed by atoms with van der Waals surface area (Å²) in [4.78, 5) is 10.8. The average Bonchev–Trinajstić information content (AvgIpc) is 2.07. The zero-order valence-corrected chi connectivity index (χ0v) is 10.9. The van der Waals surface area contributed by atoms with Gasteiger partial charge in [0, 0.05) is 6.26 Å². The van der Waals surface area contributed by atoms with Gasteiger partial charge in [-0.05, 0) is 25.3 Å². The molecule has 0 amide bonds. The Morgan fingerprint density at radius 2 is 1.94 bits per heavy atom. The molecule has 0 fully saturated rings. The third-order valence-corrected chi connectivity index (χ3v) is 3.12. The number of aliphatic carboxylic acids is 1. The van der Waals surface area contributed by atoms with Gasteiger partial charge in [-0.3, -0.25) is 4.79 Å². The van der Waals surface area contributed by atoms with Crippen molar-refractivity contribution >= 4 is 15.8 Å². The Bertz CT molecular complexity index is 311. The minimum atomic E-state index is -2.95. The van der Waals surface area contributed by atoms with Gasteiger partial charge in [0.25, 0.3) is 0 Å². The number of carbonyl (C=O) groups is 1. The molecule has 0 aromatic carbocycles. The van der Waals surface area contributed by atoms with Crippen LogP contribution in [0, 0.1) is 5.92 Å². The van der Waals surface area contributed by atoms with Crippen molar-refractivity contribution < 1.29 is 18.3 Å². The van der Waals surface area contributed by atoms with Crippen LogP contribution in [-0.2, 0) is 14.6 Å². The van der Waals surface area contributed by atoms with Crippen molar-refractivity contribution in [1.29, 1.82) is 0 Å². The van der Waals surface area contributed by atoms with Crippen LogP contribution in [0.1, 0.15) is 26.7 Å². The summed E-state index contributed by atoms with van der Waals surface area (Å²) in [6.07, 6.45) is 2.17. The Kier molecular flexibility index (Phi) is 6.59. The normalized spacial score (nSPS) is 14.0. The molecular weight excluding hydrogens is 230 g/mol. The highest BCUT2D eigenvalue weighted by Crippen LogP contribution is 2.04. The Hall–Kier alpha value is -0.620. The van der Waals surface area contributed by atoms with Crippen LogP contribution in [-0.4, -0.2) is 44.1 Å². The molecule has 6 heteroatoms. The molecular formula is C10H21NO4S. The molecule has 0 aliphatic heterocycles. The second-order valence-corrected chi connectivity index (χ2v) is 6.72. The van der Waals surface area contributed by atoms with Gasteiger partial charge in [0.05, 0.1) is 5.75 Å². The largest absolute Gasteiger partial charge is 0.480 e. The van der Waals surface area contributed by atoms with Crippen LogP contribution < -0.4 is 5.32 Å². The van der Waals surface area contributed by atoms with Crippen molar-refractivity contribution in [2.75, 3.05) is 18.6 Å². The quantitative estimate of drug-likeness (QED) is 0.614. The van der Waals surface area contributed by atoms with Crippen molar-refractivity contribution in [3.8, 4) is 0 Å². The van der Waals surface area contributed by atoms with Crippen LogP contribution in [0.2, 0.25) is 0 Å². The predicted molar refractivity (Wildman–Crippen MR) is 63.2 cm³/mol. The fourth-order valence-corrected chi connectivity index (χ4v) is 2.02. The Morgan fingerprint density at radius 3 is 2.31 bits per heavy atom. The minimum absolute atomic E-state index is 0.0913. The van der Waals surface area contributed by atoms with Gasteiger partial charge in [0.15, 0.2) is 0 Å². The number of nitrogens with one attached hydrogen (secondary N) is 1. The topological polar surface area (TPSA) is 83.5 Å². The summed E-state index contributed by atoms with van der Waals surface area (Å²) >= 11 is 0. The second-order valence-electron chi connectivity index (χ2n) is 4.46. The highest BCUT2D eigenvalue weighted by molar-refractivity contribution is 7.90. The third-order valence-electron chi connectivity index (χ3n) is 2.09. The minimum Gasteiger partial charge on any atom is -0.480 e. The average molecular weight is 251 g/mol. The highest BCUT2D eigenvalue weighted by Gasteiger charge is 2.17. The van der Waals surface area contributed by atoms with Crippen molar-refractivity contribution in [1.82, 2.24) is 5.32 Å². The SMILES string of the molecule is CC(C)CC(NCCCS(C)(=O)=O)C(=O)O. The molecule has 96 valence electrons. The molecule has 0 aliphatic rings. The lowest BCUT2D eigenvalue weighted by Crippen LogP contribution is -2.38. The summed E-state index contributed by atoms with van der Waals surface area (Å²) in [5.74, 6) is -0.495. The standard InChI is InChI=1S/C10H21NO4S/c1-8(2)7-9(10(12)13)11-5-4-6-16(3,14)15/h8-9,11H,4-7H2,1-3H3,(H,12,13). The van der Waals surface area contributed by atoms with E-state index in [4.69, 9.17) is 5.11 Å². The van der Waals surface area contributed by atoms with Crippen molar-refractivity contribution in [3.63, 3.8) is 0 Å². The maximum absolute atomic E-state index is 10.8. The monoisotopic (exact) mass is 251 g/mol. The van der Waals surface area contributed by atoms with E-state index in [2.05, 4.69) is 5.32 Å². The van der Waals surface area contributed by atoms with Gasteiger partial charge >= 0.3 is 5.97 Å². The lowest BCUT2D eigenvalue weighted by Gasteiger charge is -2.16. The molecule has 1 atom stereocenters. The number of hydrogen-bond acceptors (Lipinski definition) is 4. The molecule has 0 aliphatic carbocycles. The maximum Gasteiger partial charge on any atom is 0.320 e. The van der Waals surface area contributed by atoms with E-state index < -0.39 is 21.8 Å². The highest BCUT2D eigenvalue weighted by atomic mass is 32.2. The smallest absolute Gasteiger partial charge is 0.320 e. The number of carboxylic acid groups (broad SMARTS) is 1. The van der Waals surface area contributed by atoms with E-state index in [1.54, 1.807) is 0 Å². The Morgan fingerprint density at radius 1 is 1.38 bits per heavy atom. The van der Waals surface area contributed by atoms with Gasteiger partial charge in [0.2, 0.25) is 0 Å². The fourth-order valence-electron chi connectivity index (χ4n) is 1.35. The molecule has 16 heavy (non-hydrogen) atoms. The first kappa shape index (κ1) is 15.4. The van der Waals surface area contributed by atoms with Crippen molar-refractivity contribution in [3.05, 3.63) is 0 Å². The van der Waals surface area contributed by atoms with Gasteiger partial charge in [0.1, 0.15) is 15.9 Å². The maximum atomic E-state index is 10.8. The molecule has 0 spiro atoms. The number of hydrogen-bond donors (Lipinski definition) is 2. The molecule has 5 nitrogen and oxygen atoms in total. The van der Waals surface area contributed by atoms with Crippen molar-refractivity contribution in [2.45, 2.75) is 32.7 Å².